The molecule has 5 rings (SSSR count). The first-order valence-corrected chi connectivity index (χ1v) is 8.09. The first-order chi connectivity index (χ1) is 12.3. The van der Waals surface area contributed by atoms with Crippen LogP contribution in [0.2, 0.25) is 0 Å². The lowest BCUT2D eigenvalue weighted by Crippen LogP contribution is -2.18. The molecule has 0 saturated carbocycles. The van der Waals surface area contributed by atoms with Gasteiger partial charge >= 0.3 is 0 Å². The quantitative estimate of drug-likeness (QED) is 0.608. The van der Waals surface area contributed by atoms with Crippen molar-refractivity contribution < 1.29 is 0 Å². The van der Waals surface area contributed by atoms with Crippen molar-refractivity contribution in [2.45, 2.75) is 6.42 Å². The molecule has 0 aliphatic carbocycles. The second-order valence-electron chi connectivity index (χ2n) is 5.95. The summed E-state index contributed by atoms with van der Waals surface area (Å²) in [5.41, 5.74) is 11.0. The topological polar surface area (TPSA) is 85.8 Å². The van der Waals surface area contributed by atoms with Crippen molar-refractivity contribution >= 4 is 28.2 Å². The Hall–Kier alpha value is -3.48. The number of nitrogens with two attached hydrogens (primary N) is 1. The Balaban J connectivity index is 1.66. The molecule has 1 aliphatic heterocycles. The lowest BCUT2D eigenvalue weighted by Gasteiger charge is -2.20. The molecule has 0 bridgehead atoms. The molecule has 4 aromatic rings. The highest BCUT2D eigenvalue weighted by atomic mass is 15.4. The van der Waals surface area contributed by atoms with Crippen LogP contribution in [0.3, 0.4) is 0 Å². The summed E-state index contributed by atoms with van der Waals surface area (Å²) in [4.78, 5) is 10.9. The van der Waals surface area contributed by atoms with Crippen molar-refractivity contribution in [3.8, 4) is 5.82 Å². The first-order valence-electron chi connectivity index (χ1n) is 8.09. The summed E-state index contributed by atoms with van der Waals surface area (Å²) < 4.78 is 1.66. The van der Waals surface area contributed by atoms with Crippen LogP contribution in [0.1, 0.15) is 5.56 Å². The highest BCUT2D eigenvalue weighted by Gasteiger charge is 2.24. The molecular formula is C18H15N7. The normalized spacial score (nSPS) is 13.4. The van der Waals surface area contributed by atoms with Crippen LogP contribution in [-0.4, -0.2) is 31.5 Å². The Morgan fingerprint density at radius 1 is 0.920 bits per heavy atom. The summed E-state index contributed by atoms with van der Waals surface area (Å²) in [6.07, 6.45) is 2.50. The monoisotopic (exact) mass is 329 g/mol. The van der Waals surface area contributed by atoms with Gasteiger partial charge in [0.25, 0.3) is 0 Å². The van der Waals surface area contributed by atoms with E-state index in [0.29, 0.717) is 17.3 Å². The number of para-hydroxylation sites is 2. The molecule has 0 amide bonds. The Kier molecular flexibility index (Phi) is 2.93. The average Bonchev–Trinajstić information content (AvgIpc) is 3.26. The number of hydrogen-bond donors (Lipinski definition) is 1. The van der Waals surface area contributed by atoms with Gasteiger partial charge in [-0.15, -0.1) is 5.10 Å². The van der Waals surface area contributed by atoms with E-state index < -0.39 is 0 Å². The van der Waals surface area contributed by atoms with Crippen molar-refractivity contribution in [3.05, 3.63) is 60.4 Å². The van der Waals surface area contributed by atoms with E-state index >= 15 is 0 Å². The van der Waals surface area contributed by atoms with Gasteiger partial charge in [0.05, 0.1) is 5.52 Å². The molecule has 1 aliphatic rings. The van der Waals surface area contributed by atoms with E-state index in [1.807, 2.05) is 30.3 Å². The van der Waals surface area contributed by atoms with Crippen molar-refractivity contribution in [2.24, 2.45) is 0 Å². The molecule has 0 radical (unpaired) electrons. The minimum absolute atomic E-state index is 0.495. The molecule has 2 aromatic heterocycles. The third kappa shape index (κ3) is 2.06. The van der Waals surface area contributed by atoms with Crippen LogP contribution in [-0.2, 0) is 6.42 Å². The van der Waals surface area contributed by atoms with Gasteiger partial charge in [-0.2, -0.15) is 4.68 Å². The van der Waals surface area contributed by atoms with Crippen LogP contribution in [0, 0.1) is 0 Å². The Labute approximate surface area is 143 Å². The Morgan fingerprint density at radius 3 is 2.68 bits per heavy atom. The molecule has 0 spiro atoms. The zero-order valence-electron chi connectivity index (χ0n) is 13.4. The molecular weight excluding hydrogens is 314 g/mol. The van der Waals surface area contributed by atoms with Crippen LogP contribution in [0.15, 0.2) is 54.9 Å². The summed E-state index contributed by atoms with van der Waals surface area (Å²) in [6, 6.07) is 16.0. The first kappa shape index (κ1) is 13.9. The minimum atomic E-state index is 0.495. The van der Waals surface area contributed by atoms with Gasteiger partial charge in [-0.1, -0.05) is 35.5 Å². The maximum atomic E-state index is 6.45. The number of benzene rings is 2. The molecule has 7 heteroatoms. The highest BCUT2D eigenvalue weighted by Crippen LogP contribution is 2.37. The zero-order chi connectivity index (χ0) is 16.8. The summed E-state index contributed by atoms with van der Waals surface area (Å²) in [5.74, 6) is 1.25. The van der Waals surface area contributed by atoms with Crippen LogP contribution >= 0.6 is 0 Å². The largest absolute Gasteiger partial charge is 0.393 e. The molecule has 25 heavy (non-hydrogen) atoms. The smallest absolute Gasteiger partial charge is 0.184 e. The SMILES string of the molecule is Nc1c(N2CCc3ccccc32)ncnc1-n1nnc2ccccc21. The second-order valence-corrected chi connectivity index (χ2v) is 5.95. The fourth-order valence-corrected chi connectivity index (χ4v) is 3.34. The molecule has 2 aromatic carbocycles. The number of nitrogens with zero attached hydrogens (tertiary/aromatic N) is 6. The van der Waals surface area contributed by atoms with Crippen LogP contribution in [0.4, 0.5) is 17.2 Å². The van der Waals surface area contributed by atoms with Crippen LogP contribution in [0.5, 0.6) is 0 Å². The standard InChI is InChI=1S/C18H15N7/c19-16-17(24-10-9-12-5-1-3-7-14(12)24)20-11-21-18(16)25-15-8-4-2-6-13(15)22-23-25/h1-8,11H,9-10,19H2. The van der Waals surface area contributed by atoms with E-state index in [1.165, 1.54) is 11.9 Å². The number of aromatic nitrogens is 5. The van der Waals surface area contributed by atoms with Crippen molar-refractivity contribution in [3.63, 3.8) is 0 Å². The van der Waals surface area contributed by atoms with Gasteiger partial charge in [0.1, 0.15) is 17.5 Å². The van der Waals surface area contributed by atoms with Gasteiger partial charge in [-0.25, -0.2) is 9.97 Å². The zero-order valence-corrected chi connectivity index (χ0v) is 13.4. The molecule has 3 heterocycles. The predicted octanol–water partition coefficient (Wildman–Crippen LogP) is 2.49. The number of hydrogen-bond acceptors (Lipinski definition) is 6. The predicted molar refractivity (Wildman–Crippen MR) is 96.0 cm³/mol. The Morgan fingerprint density at radius 2 is 1.72 bits per heavy atom. The molecule has 0 unspecified atom stereocenters. The summed E-state index contributed by atoms with van der Waals surface area (Å²) in [5, 5.41) is 8.40. The third-order valence-corrected chi connectivity index (χ3v) is 4.54. The van der Waals surface area contributed by atoms with Gasteiger partial charge < -0.3 is 10.6 Å². The third-order valence-electron chi connectivity index (χ3n) is 4.54. The molecule has 2 N–H and O–H groups in total. The fourth-order valence-electron chi connectivity index (χ4n) is 3.34. The summed E-state index contributed by atoms with van der Waals surface area (Å²) >= 11 is 0. The van der Waals surface area contributed by atoms with Crippen molar-refractivity contribution in [1.29, 1.82) is 0 Å². The fraction of sp³-hybridized carbons (Fsp3) is 0.111. The van der Waals surface area contributed by atoms with Crippen LogP contribution < -0.4 is 10.6 Å². The van der Waals surface area contributed by atoms with Crippen molar-refractivity contribution in [2.75, 3.05) is 17.2 Å². The van der Waals surface area contributed by atoms with Gasteiger partial charge in [0, 0.05) is 12.2 Å². The highest BCUT2D eigenvalue weighted by molar-refractivity contribution is 5.82. The summed E-state index contributed by atoms with van der Waals surface area (Å²) in [7, 11) is 0. The second kappa shape index (κ2) is 5.27. The van der Waals surface area contributed by atoms with E-state index in [0.717, 1.165) is 29.7 Å². The van der Waals surface area contributed by atoms with Crippen LogP contribution in [0.25, 0.3) is 16.9 Å². The number of rotatable bonds is 2. The lowest BCUT2D eigenvalue weighted by molar-refractivity contribution is 0.798. The van der Waals surface area contributed by atoms with E-state index in [-0.39, 0.29) is 0 Å². The maximum absolute atomic E-state index is 6.45. The van der Waals surface area contributed by atoms with E-state index in [1.54, 1.807) is 4.68 Å². The molecule has 122 valence electrons. The van der Waals surface area contributed by atoms with Gasteiger partial charge in [0.15, 0.2) is 11.6 Å². The number of nitrogen functional groups attached to an aromatic ring is 1. The van der Waals surface area contributed by atoms with E-state index in [9.17, 15) is 0 Å². The average molecular weight is 329 g/mol. The van der Waals surface area contributed by atoms with Crippen molar-refractivity contribution in [1.82, 2.24) is 25.0 Å². The molecule has 0 fully saturated rings. The number of anilines is 3. The summed E-state index contributed by atoms with van der Waals surface area (Å²) in [6.45, 7) is 0.845. The maximum Gasteiger partial charge on any atom is 0.184 e. The molecule has 7 nitrogen and oxygen atoms in total. The van der Waals surface area contributed by atoms with E-state index in [2.05, 4.69) is 43.4 Å². The molecule has 0 atom stereocenters. The molecule has 0 saturated heterocycles. The number of fused-ring (bicyclic) bond motifs is 2. The van der Waals surface area contributed by atoms with Gasteiger partial charge in [0.2, 0.25) is 0 Å². The Bertz CT molecular complexity index is 1090. The minimum Gasteiger partial charge on any atom is -0.393 e. The van der Waals surface area contributed by atoms with Gasteiger partial charge in [-0.05, 0) is 30.2 Å². The lowest BCUT2D eigenvalue weighted by atomic mass is 10.2. The van der Waals surface area contributed by atoms with Gasteiger partial charge in [-0.3, -0.25) is 0 Å². The van der Waals surface area contributed by atoms with E-state index in [4.69, 9.17) is 5.73 Å².